The first-order chi connectivity index (χ1) is 9.83. The van der Waals surface area contributed by atoms with Gasteiger partial charge in [0.2, 0.25) is 0 Å². The largest absolute Gasteiger partial charge is 0.445 e. The Hall–Kier alpha value is -2.29. The van der Waals surface area contributed by atoms with E-state index in [-0.39, 0.29) is 12.1 Å². The van der Waals surface area contributed by atoms with Crippen molar-refractivity contribution < 1.29 is 9.53 Å². The summed E-state index contributed by atoms with van der Waals surface area (Å²) in [4.78, 5) is 11.7. The molecule has 3 rings (SSSR count). The summed E-state index contributed by atoms with van der Waals surface area (Å²) in [6, 6.07) is 20.2. The average Bonchev–Trinajstić information content (AvgIpc) is 3.26. The first-order valence-corrected chi connectivity index (χ1v) is 6.85. The minimum absolute atomic E-state index is 0.209. The zero-order chi connectivity index (χ0) is 13.8. The smallest absolute Gasteiger partial charge is 0.407 e. The summed E-state index contributed by atoms with van der Waals surface area (Å²) >= 11 is 0. The Balaban J connectivity index is 1.45. The number of amides is 1. The van der Waals surface area contributed by atoms with Crippen molar-refractivity contribution in [3.63, 3.8) is 0 Å². The minimum atomic E-state index is -0.336. The summed E-state index contributed by atoms with van der Waals surface area (Å²) < 4.78 is 5.21. The number of hydrogen-bond donors (Lipinski definition) is 1. The molecule has 2 aromatic carbocycles. The van der Waals surface area contributed by atoms with Crippen LogP contribution in [-0.4, -0.2) is 12.1 Å². The van der Waals surface area contributed by atoms with E-state index in [1.807, 2.05) is 48.5 Å². The van der Waals surface area contributed by atoms with Gasteiger partial charge in [-0.25, -0.2) is 4.79 Å². The van der Waals surface area contributed by atoms with Crippen LogP contribution in [0, 0.1) is 0 Å². The third-order valence-corrected chi connectivity index (χ3v) is 3.53. The highest BCUT2D eigenvalue weighted by Gasteiger charge is 2.39. The molecule has 0 spiro atoms. The molecule has 2 atom stereocenters. The molecule has 1 N–H and O–H groups in total. The first kappa shape index (κ1) is 12.7. The van der Waals surface area contributed by atoms with Gasteiger partial charge in [0.15, 0.2) is 0 Å². The van der Waals surface area contributed by atoms with Crippen molar-refractivity contribution >= 4 is 6.09 Å². The van der Waals surface area contributed by atoms with Gasteiger partial charge in [-0.1, -0.05) is 60.7 Å². The minimum Gasteiger partial charge on any atom is -0.445 e. The lowest BCUT2D eigenvalue weighted by atomic mass is 10.1. The van der Waals surface area contributed by atoms with E-state index in [0.29, 0.717) is 12.5 Å². The fraction of sp³-hybridized carbons (Fsp3) is 0.235. The van der Waals surface area contributed by atoms with E-state index in [0.717, 1.165) is 12.0 Å². The maximum atomic E-state index is 11.7. The Morgan fingerprint density at radius 1 is 1.05 bits per heavy atom. The van der Waals surface area contributed by atoms with Crippen molar-refractivity contribution in [3.05, 3.63) is 71.8 Å². The van der Waals surface area contributed by atoms with Gasteiger partial charge in [0.05, 0.1) is 0 Å². The van der Waals surface area contributed by atoms with Crippen molar-refractivity contribution in [1.82, 2.24) is 5.32 Å². The summed E-state index contributed by atoms with van der Waals surface area (Å²) in [6.07, 6.45) is 0.655. The van der Waals surface area contributed by atoms with Gasteiger partial charge in [-0.2, -0.15) is 0 Å². The molecule has 0 radical (unpaired) electrons. The maximum absolute atomic E-state index is 11.7. The molecule has 0 aromatic heterocycles. The molecule has 1 aliphatic rings. The van der Waals surface area contributed by atoms with Crippen LogP contribution in [0.5, 0.6) is 0 Å². The number of nitrogens with one attached hydrogen (secondary N) is 1. The van der Waals surface area contributed by atoms with Gasteiger partial charge < -0.3 is 10.1 Å². The number of hydrogen-bond acceptors (Lipinski definition) is 2. The summed E-state index contributed by atoms with van der Waals surface area (Å²) in [6.45, 7) is 0.315. The van der Waals surface area contributed by atoms with Gasteiger partial charge >= 0.3 is 6.09 Å². The van der Waals surface area contributed by atoms with Crippen LogP contribution in [0.4, 0.5) is 4.79 Å². The molecule has 2 unspecified atom stereocenters. The molecule has 1 amide bonds. The zero-order valence-electron chi connectivity index (χ0n) is 11.2. The highest BCUT2D eigenvalue weighted by molar-refractivity contribution is 5.68. The van der Waals surface area contributed by atoms with Gasteiger partial charge in [-0.15, -0.1) is 0 Å². The molecule has 1 aliphatic carbocycles. The molecule has 1 fully saturated rings. The molecule has 0 heterocycles. The average molecular weight is 267 g/mol. The van der Waals surface area contributed by atoms with Gasteiger partial charge in [0.1, 0.15) is 6.61 Å². The lowest BCUT2D eigenvalue weighted by molar-refractivity contribution is 0.139. The van der Waals surface area contributed by atoms with Crippen LogP contribution in [0.15, 0.2) is 60.7 Å². The van der Waals surface area contributed by atoms with E-state index < -0.39 is 0 Å². The molecular weight excluding hydrogens is 250 g/mol. The Labute approximate surface area is 118 Å². The monoisotopic (exact) mass is 267 g/mol. The topological polar surface area (TPSA) is 38.3 Å². The summed E-state index contributed by atoms with van der Waals surface area (Å²) in [5.41, 5.74) is 2.28. The molecule has 0 bridgehead atoms. The van der Waals surface area contributed by atoms with E-state index in [2.05, 4.69) is 17.4 Å². The molecule has 2 aromatic rings. The van der Waals surface area contributed by atoms with Crippen LogP contribution in [0.25, 0.3) is 0 Å². The van der Waals surface area contributed by atoms with Crippen LogP contribution >= 0.6 is 0 Å². The fourth-order valence-electron chi connectivity index (χ4n) is 2.34. The molecule has 0 saturated heterocycles. The Morgan fingerprint density at radius 2 is 1.70 bits per heavy atom. The van der Waals surface area contributed by atoms with Gasteiger partial charge in [-0.3, -0.25) is 0 Å². The number of alkyl carbamates (subject to hydrolysis) is 1. The summed E-state index contributed by atoms with van der Waals surface area (Å²) in [5, 5.41) is 2.91. The van der Waals surface area contributed by atoms with E-state index in [1.54, 1.807) is 0 Å². The summed E-state index contributed by atoms with van der Waals surface area (Å²) in [7, 11) is 0. The molecule has 3 heteroatoms. The Kier molecular flexibility index (Phi) is 3.68. The van der Waals surface area contributed by atoms with Crippen molar-refractivity contribution in [2.75, 3.05) is 0 Å². The van der Waals surface area contributed by atoms with E-state index in [1.165, 1.54) is 5.56 Å². The van der Waals surface area contributed by atoms with Crippen LogP contribution in [0.2, 0.25) is 0 Å². The molecule has 3 nitrogen and oxygen atoms in total. The van der Waals surface area contributed by atoms with Gasteiger partial charge in [0.25, 0.3) is 0 Å². The molecule has 102 valence electrons. The third-order valence-electron chi connectivity index (χ3n) is 3.53. The van der Waals surface area contributed by atoms with Crippen LogP contribution in [-0.2, 0) is 11.3 Å². The predicted octanol–water partition coefficient (Wildman–Crippen LogP) is 3.47. The normalized spacial score (nSPS) is 20.2. The second kappa shape index (κ2) is 5.78. The van der Waals surface area contributed by atoms with Crippen LogP contribution < -0.4 is 5.32 Å². The lowest BCUT2D eigenvalue weighted by Crippen LogP contribution is -2.27. The highest BCUT2D eigenvalue weighted by atomic mass is 16.5. The predicted molar refractivity (Wildman–Crippen MR) is 77.4 cm³/mol. The number of benzene rings is 2. The van der Waals surface area contributed by atoms with E-state index in [4.69, 9.17) is 4.74 Å². The van der Waals surface area contributed by atoms with E-state index in [9.17, 15) is 4.79 Å². The number of carbonyl (C=O) groups excluding carboxylic acids is 1. The molecule has 20 heavy (non-hydrogen) atoms. The van der Waals surface area contributed by atoms with Gasteiger partial charge in [-0.05, 0) is 17.5 Å². The van der Waals surface area contributed by atoms with Crippen LogP contribution in [0.3, 0.4) is 0 Å². The quantitative estimate of drug-likeness (QED) is 0.921. The standard InChI is InChI=1S/C17H17NO2/c19-17(20-12-13-7-3-1-4-8-13)18-16-11-15(16)14-9-5-2-6-10-14/h1-10,15-16H,11-12H2,(H,18,19). The molecule has 0 aliphatic heterocycles. The number of carbonyl (C=O) groups is 1. The first-order valence-electron chi connectivity index (χ1n) is 6.85. The van der Waals surface area contributed by atoms with Crippen molar-refractivity contribution in [2.24, 2.45) is 0 Å². The van der Waals surface area contributed by atoms with Crippen LogP contribution in [0.1, 0.15) is 23.5 Å². The van der Waals surface area contributed by atoms with Gasteiger partial charge in [0, 0.05) is 12.0 Å². The highest BCUT2D eigenvalue weighted by Crippen LogP contribution is 2.40. The summed E-state index contributed by atoms with van der Waals surface area (Å²) in [5.74, 6) is 0.431. The molecular formula is C17H17NO2. The zero-order valence-corrected chi connectivity index (χ0v) is 11.2. The second-order valence-electron chi connectivity index (χ2n) is 5.07. The van der Waals surface area contributed by atoms with Crippen molar-refractivity contribution in [2.45, 2.75) is 25.0 Å². The fourth-order valence-corrected chi connectivity index (χ4v) is 2.34. The number of ether oxygens (including phenoxy) is 1. The lowest BCUT2D eigenvalue weighted by Gasteiger charge is -2.07. The Bertz CT molecular complexity index is 568. The van der Waals surface area contributed by atoms with E-state index >= 15 is 0 Å². The second-order valence-corrected chi connectivity index (χ2v) is 5.07. The molecule has 1 saturated carbocycles. The van der Waals surface area contributed by atoms with Crippen molar-refractivity contribution in [1.29, 1.82) is 0 Å². The number of rotatable bonds is 4. The SMILES string of the molecule is O=C(NC1CC1c1ccccc1)OCc1ccccc1. The third kappa shape index (κ3) is 3.18. The Morgan fingerprint density at radius 3 is 2.40 bits per heavy atom. The maximum Gasteiger partial charge on any atom is 0.407 e. The van der Waals surface area contributed by atoms with Crippen molar-refractivity contribution in [3.8, 4) is 0 Å².